The average Bonchev–Trinajstić information content (AvgIpc) is 3.26. The van der Waals surface area contributed by atoms with Gasteiger partial charge in [0, 0.05) is 30.4 Å². The highest BCUT2D eigenvalue weighted by atomic mass is 32.1. The number of thiazole rings is 1. The van der Waals surface area contributed by atoms with Crippen LogP contribution in [-0.2, 0) is 11.2 Å². The van der Waals surface area contributed by atoms with E-state index in [2.05, 4.69) is 10.3 Å². The van der Waals surface area contributed by atoms with Gasteiger partial charge in [-0.15, -0.1) is 22.7 Å². The van der Waals surface area contributed by atoms with E-state index < -0.39 is 0 Å². The maximum absolute atomic E-state index is 12.4. The Hall–Kier alpha value is -1.93. The maximum Gasteiger partial charge on any atom is 0.323 e. The maximum atomic E-state index is 12.4. The molecule has 3 heterocycles. The van der Waals surface area contributed by atoms with Gasteiger partial charge in [-0.05, 0) is 18.4 Å². The summed E-state index contributed by atoms with van der Waals surface area (Å²) < 4.78 is 0. The number of amides is 3. The zero-order valence-corrected chi connectivity index (χ0v) is 14.6. The lowest BCUT2D eigenvalue weighted by Crippen LogP contribution is -2.30. The van der Waals surface area contributed by atoms with Gasteiger partial charge >= 0.3 is 6.03 Å². The number of anilines is 1. The van der Waals surface area contributed by atoms with Gasteiger partial charge in [-0.1, -0.05) is 6.07 Å². The molecule has 0 bridgehead atoms. The molecule has 1 aliphatic heterocycles. The SMILES string of the molecule is CC(c1cccs1)N(C)C(=O)Cc1csc(N2CCNC2=O)n1. The Morgan fingerprint density at radius 2 is 2.35 bits per heavy atom. The molecule has 0 saturated carbocycles. The first kappa shape index (κ1) is 15.9. The molecule has 0 aromatic carbocycles. The number of hydrogen-bond donors (Lipinski definition) is 1. The molecule has 0 aliphatic carbocycles. The van der Waals surface area contributed by atoms with Gasteiger partial charge in [-0.3, -0.25) is 9.69 Å². The number of urea groups is 1. The minimum Gasteiger partial charge on any atom is -0.338 e. The third kappa shape index (κ3) is 3.37. The second-order valence-electron chi connectivity index (χ2n) is 5.38. The molecule has 2 aromatic rings. The van der Waals surface area contributed by atoms with Crippen molar-refractivity contribution in [1.29, 1.82) is 0 Å². The number of likely N-dealkylation sites (N-methyl/N-ethyl adjacent to an activating group) is 1. The monoisotopic (exact) mass is 350 g/mol. The fourth-order valence-electron chi connectivity index (χ4n) is 2.37. The Morgan fingerprint density at radius 3 is 3.00 bits per heavy atom. The molecule has 0 radical (unpaired) electrons. The van der Waals surface area contributed by atoms with E-state index in [9.17, 15) is 9.59 Å². The molecule has 2 aromatic heterocycles. The van der Waals surface area contributed by atoms with Gasteiger partial charge in [0.1, 0.15) is 0 Å². The molecular formula is C15H18N4O2S2. The van der Waals surface area contributed by atoms with Crippen LogP contribution in [0.25, 0.3) is 0 Å². The summed E-state index contributed by atoms with van der Waals surface area (Å²) in [6.45, 7) is 3.27. The molecule has 1 atom stereocenters. The van der Waals surface area contributed by atoms with Crippen molar-refractivity contribution >= 4 is 39.7 Å². The van der Waals surface area contributed by atoms with Crippen molar-refractivity contribution in [2.45, 2.75) is 19.4 Å². The summed E-state index contributed by atoms with van der Waals surface area (Å²) in [7, 11) is 1.81. The average molecular weight is 350 g/mol. The van der Waals surface area contributed by atoms with Crippen molar-refractivity contribution < 1.29 is 9.59 Å². The topological polar surface area (TPSA) is 65.5 Å². The Kier molecular flexibility index (Phi) is 4.63. The smallest absolute Gasteiger partial charge is 0.323 e. The van der Waals surface area contributed by atoms with Crippen molar-refractivity contribution in [3.63, 3.8) is 0 Å². The summed E-state index contributed by atoms with van der Waals surface area (Å²) >= 11 is 3.04. The molecule has 3 amide bonds. The zero-order chi connectivity index (χ0) is 16.4. The van der Waals surface area contributed by atoms with Crippen LogP contribution in [0.15, 0.2) is 22.9 Å². The third-order valence-electron chi connectivity index (χ3n) is 3.89. The number of aromatic nitrogens is 1. The summed E-state index contributed by atoms with van der Waals surface area (Å²) in [4.78, 5) is 33.0. The summed E-state index contributed by atoms with van der Waals surface area (Å²) in [5.41, 5.74) is 0.708. The number of rotatable bonds is 5. The van der Waals surface area contributed by atoms with Crippen LogP contribution >= 0.6 is 22.7 Å². The molecule has 1 fully saturated rings. The molecule has 23 heavy (non-hydrogen) atoms. The van der Waals surface area contributed by atoms with Crippen molar-refractivity contribution in [3.05, 3.63) is 33.5 Å². The van der Waals surface area contributed by atoms with Crippen molar-refractivity contribution in [1.82, 2.24) is 15.2 Å². The molecule has 1 N–H and O–H groups in total. The Labute approximate surface area is 142 Å². The largest absolute Gasteiger partial charge is 0.338 e. The van der Waals surface area contributed by atoms with Crippen LogP contribution < -0.4 is 10.2 Å². The first-order valence-corrected chi connectivity index (χ1v) is 9.11. The van der Waals surface area contributed by atoms with E-state index in [0.29, 0.717) is 23.9 Å². The fraction of sp³-hybridized carbons (Fsp3) is 0.400. The summed E-state index contributed by atoms with van der Waals surface area (Å²) in [6, 6.07) is 3.94. The van der Waals surface area contributed by atoms with E-state index in [1.165, 1.54) is 11.3 Å². The van der Waals surface area contributed by atoms with Crippen LogP contribution in [-0.4, -0.2) is 42.0 Å². The minimum absolute atomic E-state index is 0.0219. The van der Waals surface area contributed by atoms with E-state index in [1.807, 2.05) is 36.9 Å². The van der Waals surface area contributed by atoms with Gasteiger partial charge in [0.05, 0.1) is 18.2 Å². The van der Waals surface area contributed by atoms with Gasteiger partial charge in [0.2, 0.25) is 5.91 Å². The zero-order valence-electron chi connectivity index (χ0n) is 13.0. The van der Waals surface area contributed by atoms with Crippen LogP contribution in [0.1, 0.15) is 23.5 Å². The highest BCUT2D eigenvalue weighted by Gasteiger charge is 2.25. The fourth-order valence-corrected chi connectivity index (χ4v) is 4.05. The number of hydrogen-bond acceptors (Lipinski definition) is 5. The van der Waals surface area contributed by atoms with Gasteiger partial charge in [-0.25, -0.2) is 9.78 Å². The highest BCUT2D eigenvalue weighted by Crippen LogP contribution is 2.25. The standard InChI is InChI=1S/C15H18N4O2S2/c1-10(12-4-3-7-22-12)18(2)13(20)8-11-9-23-15(17-11)19-6-5-16-14(19)21/h3-4,7,9-10H,5-6,8H2,1-2H3,(H,16,21). The predicted molar refractivity (Wildman–Crippen MR) is 92.1 cm³/mol. The Morgan fingerprint density at radius 1 is 1.52 bits per heavy atom. The van der Waals surface area contributed by atoms with Crippen LogP contribution in [0.5, 0.6) is 0 Å². The molecule has 1 unspecified atom stereocenters. The molecular weight excluding hydrogens is 332 g/mol. The van der Waals surface area contributed by atoms with Crippen molar-refractivity contribution in [3.8, 4) is 0 Å². The molecule has 0 spiro atoms. The first-order valence-electron chi connectivity index (χ1n) is 7.35. The van der Waals surface area contributed by atoms with Crippen LogP contribution in [0, 0.1) is 0 Å². The molecule has 8 heteroatoms. The summed E-state index contributed by atoms with van der Waals surface area (Å²) in [5.74, 6) is 0.0219. The van der Waals surface area contributed by atoms with Gasteiger partial charge in [0.15, 0.2) is 5.13 Å². The Bertz CT molecular complexity index is 698. The number of nitrogens with one attached hydrogen (secondary N) is 1. The molecule has 122 valence electrons. The van der Waals surface area contributed by atoms with E-state index >= 15 is 0 Å². The van der Waals surface area contributed by atoms with E-state index in [0.717, 1.165) is 4.88 Å². The minimum atomic E-state index is -0.124. The van der Waals surface area contributed by atoms with Gasteiger partial charge in [0.25, 0.3) is 0 Å². The van der Waals surface area contributed by atoms with Gasteiger partial charge in [-0.2, -0.15) is 0 Å². The van der Waals surface area contributed by atoms with Crippen molar-refractivity contribution in [2.75, 3.05) is 25.0 Å². The molecule has 6 nitrogen and oxygen atoms in total. The lowest BCUT2D eigenvalue weighted by molar-refractivity contribution is -0.131. The number of carbonyl (C=O) groups excluding carboxylic acids is 2. The quantitative estimate of drug-likeness (QED) is 0.901. The normalized spacial score (nSPS) is 15.6. The number of thiophene rings is 1. The molecule has 3 rings (SSSR count). The number of nitrogens with zero attached hydrogens (tertiary/aromatic N) is 3. The second-order valence-corrected chi connectivity index (χ2v) is 7.19. The van der Waals surface area contributed by atoms with E-state index in [4.69, 9.17) is 0 Å². The lowest BCUT2D eigenvalue weighted by atomic mass is 10.2. The summed E-state index contributed by atoms with van der Waals surface area (Å²) in [6.07, 6.45) is 0.248. The second kappa shape index (κ2) is 6.67. The number of carbonyl (C=O) groups is 2. The first-order chi connectivity index (χ1) is 11.1. The van der Waals surface area contributed by atoms with Crippen LogP contribution in [0.4, 0.5) is 9.93 Å². The van der Waals surface area contributed by atoms with E-state index in [1.54, 1.807) is 21.1 Å². The van der Waals surface area contributed by atoms with Crippen LogP contribution in [0.2, 0.25) is 0 Å². The lowest BCUT2D eigenvalue weighted by Gasteiger charge is -2.23. The Balaban J connectivity index is 1.64. The predicted octanol–water partition coefficient (Wildman–Crippen LogP) is 2.50. The third-order valence-corrected chi connectivity index (χ3v) is 5.84. The molecule has 1 aliphatic rings. The molecule has 1 saturated heterocycles. The summed E-state index contributed by atoms with van der Waals surface area (Å²) in [5, 5.41) is 7.26. The van der Waals surface area contributed by atoms with Crippen LogP contribution in [0.3, 0.4) is 0 Å². The van der Waals surface area contributed by atoms with E-state index in [-0.39, 0.29) is 24.4 Å². The van der Waals surface area contributed by atoms with Gasteiger partial charge < -0.3 is 10.2 Å². The van der Waals surface area contributed by atoms with Crippen molar-refractivity contribution in [2.24, 2.45) is 0 Å². The highest BCUT2D eigenvalue weighted by molar-refractivity contribution is 7.14.